The Labute approximate surface area is 176 Å². The molecule has 0 unspecified atom stereocenters. The van der Waals surface area contributed by atoms with Gasteiger partial charge in [0.2, 0.25) is 15.9 Å². The zero-order chi connectivity index (χ0) is 20.6. The summed E-state index contributed by atoms with van der Waals surface area (Å²) < 4.78 is 33.1. The van der Waals surface area contributed by atoms with Gasteiger partial charge in [0.05, 0.1) is 0 Å². The van der Waals surface area contributed by atoms with Crippen LogP contribution < -0.4 is 5.32 Å². The van der Waals surface area contributed by atoms with Crippen molar-refractivity contribution in [1.82, 2.24) is 14.6 Å². The first-order chi connectivity index (χ1) is 13.9. The normalized spacial score (nSPS) is 16.2. The SMILES string of the molecule is Cc1cc(NC(=O)C2CCN(S(=O)(=O)c3cccc4nonc34)CC2)ccc1Br. The third-order valence-electron chi connectivity index (χ3n) is 5.12. The number of hydrogen-bond donors (Lipinski definition) is 1. The molecule has 0 bridgehead atoms. The third kappa shape index (κ3) is 3.92. The van der Waals surface area contributed by atoms with E-state index >= 15 is 0 Å². The van der Waals surface area contributed by atoms with E-state index in [4.69, 9.17) is 0 Å². The molecular formula is C19H19BrN4O4S. The Morgan fingerprint density at radius 2 is 1.97 bits per heavy atom. The number of rotatable bonds is 4. The van der Waals surface area contributed by atoms with Crippen molar-refractivity contribution >= 4 is 48.6 Å². The molecule has 152 valence electrons. The lowest BCUT2D eigenvalue weighted by atomic mass is 9.97. The van der Waals surface area contributed by atoms with Crippen LogP contribution in [0.4, 0.5) is 5.69 Å². The molecule has 1 amide bonds. The number of piperidine rings is 1. The highest BCUT2D eigenvalue weighted by Gasteiger charge is 2.33. The Balaban J connectivity index is 1.44. The average molecular weight is 479 g/mol. The number of aromatic nitrogens is 2. The summed E-state index contributed by atoms with van der Waals surface area (Å²) in [6.45, 7) is 2.48. The van der Waals surface area contributed by atoms with Crippen LogP contribution in [0.25, 0.3) is 11.0 Å². The largest absolute Gasteiger partial charge is 0.326 e. The van der Waals surface area contributed by atoms with Gasteiger partial charge in [-0.25, -0.2) is 13.0 Å². The molecule has 8 nitrogen and oxygen atoms in total. The molecule has 3 aromatic rings. The summed E-state index contributed by atoms with van der Waals surface area (Å²) in [6.07, 6.45) is 0.904. The summed E-state index contributed by atoms with van der Waals surface area (Å²) in [5.74, 6) is -0.332. The van der Waals surface area contributed by atoms with Crippen molar-refractivity contribution in [1.29, 1.82) is 0 Å². The van der Waals surface area contributed by atoms with E-state index in [-0.39, 0.29) is 35.3 Å². The second-order valence-electron chi connectivity index (χ2n) is 7.02. The van der Waals surface area contributed by atoms with Crippen LogP contribution in [0.1, 0.15) is 18.4 Å². The molecule has 0 radical (unpaired) electrons. The molecule has 10 heteroatoms. The number of amides is 1. The Kier molecular flexibility index (Phi) is 5.41. The van der Waals surface area contributed by atoms with Gasteiger partial charge in [-0.2, -0.15) is 4.31 Å². The smallest absolute Gasteiger partial charge is 0.245 e. The van der Waals surface area contributed by atoms with Crippen molar-refractivity contribution in [3.05, 3.63) is 46.4 Å². The minimum absolute atomic E-state index is 0.0736. The lowest BCUT2D eigenvalue weighted by molar-refractivity contribution is -0.120. The fourth-order valence-electron chi connectivity index (χ4n) is 3.45. The maximum absolute atomic E-state index is 13.0. The molecule has 1 aliphatic heterocycles. The molecule has 2 heterocycles. The van der Waals surface area contributed by atoms with E-state index in [9.17, 15) is 13.2 Å². The van der Waals surface area contributed by atoms with Crippen LogP contribution in [-0.4, -0.2) is 42.0 Å². The first-order valence-electron chi connectivity index (χ1n) is 9.15. The monoisotopic (exact) mass is 478 g/mol. The van der Waals surface area contributed by atoms with Gasteiger partial charge in [0.25, 0.3) is 0 Å². The zero-order valence-electron chi connectivity index (χ0n) is 15.6. The first kappa shape index (κ1) is 20.0. The summed E-state index contributed by atoms with van der Waals surface area (Å²) in [5.41, 5.74) is 2.37. The standard InChI is InChI=1S/C19H19BrN4O4S/c1-12-11-14(5-6-15(12)20)21-19(25)13-7-9-24(10-8-13)29(26,27)17-4-2-3-16-18(17)23-28-22-16/h2-6,11,13H,7-10H2,1H3,(H,21,25). The van der Waals surface area contributed by atoms with Crippen LogP contribution in [0.5, 0.6) is 0 Å². The van der Waals surface area contributed by atoms with Crippen molar-refractivity contribution in [3.63, 3.8) is 0 Å². The molecule has 1 fully saturated rings. The molecule has 0 spiro atoms. The quantitative estimate of drug-likeness (QED) is 0.616. The predicted molar refractivity (Wildman–Crippen MR) is 111 cm³/mol. The molecule has 0 atom stereocenters. The van der Waals surface area contributed by atoms with Crippen molar-refractivity contribution in [2.75, 3.05) is 18.4 Å². The second kappa shape index (κ2) is 7.85. The Morgan fingerprint density at radius 3 is 2.69 bits per heavy atom. The molecule has 2 aromatic carbocycles. The maximum atomic E-state index is 13.0. The first-order valence-corrected chi connectivity index (χ1v) is 11.4. The summed E-state index contributed by atoms with van der Waals surface area (Å²) in [4.78, 5) is 12.7. The van der Waals surface area contributed by atoms with Crippen molar-refractivity contribution in [2.24, 2.45) is 5.92 Å². The molecule has 1 N–H and O–H groups in total. The number of fused-ring (bicyclic) bond motifs is 1. The molecule has 1 aromatic heterocycles. The van der Waals surface area contributed by atoms with E-state index in [2.05, 4.69) is 36.2 Å². The Bertz CT molecular complexity index is 1170. The number of carbonyl (C=O) groups excluding carboxylic acids is 1. The highest BCUT2D eigenvalue weighted by Crippen LogP contribution is 2.28. The van der Waals surface area contributed by atoms with Gasteiger partial charge in [-0.15, -0.1) is 0 Å². The number of anilines is 1. The van der Waals surface area contributed by atoms with Crippen LogP contribution in [0.3, 0.4) is 0 Å². The molecule has 1 aliphatic rings. The molecule has 4 rings (SSSR count). The van der Waals surface area contributed by atoms with Gasteiger partial charge < -0.3 is 5.32 Å². The Hall–Kier alpha value is -2.30. The summed E-state index contributed by atoms with van der Waals surface area (Å²) >= 11 is 3.44. The number of aryl methyl sites for hydroxylation is 1. The predicted octanol–water partition coefficient (Wildman–Crippen LogP) is 3.33. The summed E-state index contributed by atoms with van der Waals surface area (Å²) in [7, 11) is -3.74. The van der Waals surface area contributed by atoms with E-state index in [0.717, 1.165) is 15.7 Å². The third-order valence-corrected chi connectivity index (χ3v) is 7.94. The van der Waals surface area contributed by atoms with Gasteiger partial charge in [-0.1, -0.05) is 22.0 Å². The molecule has 0 saturated carbocycles. The second-order valence-corrected chi connectivity index (χ2v) is 9.78. The minimum atomic E-state index is -3.74. The topological polar surface area (TPSA) is 105 Å². The van der Waals surface area contributed by atoms with Crippen LogP contribution in [0.15, 0.2) is 50.4 Å². The number of halogens is 1. The van der Waals surface area contributed by atoms with E-state index in [0.29, 0.717) is 18.4 Å². The van der Waals surface area contributed by atoms with Crippen molar-refractivity contribution in [3.8, 4) is 0 Å². The zero-order valence-corrected chi connectivity index (χ0v) is 18.0. The number of hydrogen-bond acceptors (Lipinski definition) is 6. The molecule has 29 heavy (non-hydrogen) atoms. The van der Waals surface area contributed by atoms with Gasteiger partial charge in [-0.05, 0) is 66.0 Å². The van der Waals surface area contributed by atoms with Gasteiger partial charge in [-0.3, -0.25) is 4.79 Å². The number of sulfonamides is 1. The minimum Gasteiger partial charge on any atom is -0.326 e. The number of benzene rings is 2. The van der Waals surface area contributed by atoms with Gasteiger partial charge in [0.1, 0.15) is 10.4 Å². The van der Waals surface area contributed by atoms with Gasteiger partial charge in [0.15, 0.2) is 5.52 Å². The van der Waals surface area contributed by atoms with E-state index in [1.165, 1.54) is 10.4 Å². The molecule has 0 aliphatic carbocycles. The van der Waals surface area contributed by atoms with E-state index in [1.54, 1.807) is 12.1 Å². The molecule has 1 saturated heterocycles. The maximum Gasteiger partial charge on any atom is 0.245 e. The number of carbonyl (C=O) groups is 1. The highest BCUT2D eigenvalue weighted by molar-refractivity contribution is 9.10. The molecular weight excluding hydrogens is 460 g/mol. The van der Waals surface area contributed by atoms with E-state index < -0.39 is 10.0 Å². The number of nitrogens with zero attached hydrogens (tertiary/aromatic N) is 3. The van der Waals surface area contributed by atoms with Crippen LogP contribution in [0.2, 0.25) is 0 Å². The van der Waals surface area contributed by atoms with Gasteiger partial charge >= 0.3 is 0 Å². The fraction of sp³-hybridized carbons (Fsp3) is 0.316. The van der Waals surface area contributed by atoms with Crippen molar-refractivity contribution < 1.29 is 17.8 Å². The number of nitrogens with one attached hydrogen (secondary N) is 1. The summed E-state index contributed by atoms with van der Waals surface area (Å²) in [5, 5.41) is 10.4. The van der Waals surface area contributed by atoms with Gasteiger partial charge in [0, 0.05) is 29.2 Å². The summed E-state index contributed by atoms with van der Waals surface area (Å²) in [6, 6.07) is 10.4. The lowest BCUT2D eigenvalue weighted by Gasteiger charge is -2.30. The lowest BCUT2D eigenvalue weighted by Crippen LogP contribution is -2.41. The highest BCUT2D eigenvalue weighted by atomic mass is 79.9. The van der Waals surface area contributed by atoms with Crippen LogP contribution in [-0.2, 0) is 14.8 Å². The fourth-order valence-corrected chi connectivity index (χ4v) is 5.31. The van der Waals surface area contributed by atoms with Crippen LogP contribution in [0, 0.1) is 12.8 Å². The van der Waals surface area contributed by atoms with E-state index in [1.807, 2.05) is 25.1 Å². The van der Waals surface area contributed by atoms with Crippen molar-refractivity contribution in [2.45, 2.75) is 24.7 Å². The average Bonchev–Trinajstić information content (AvgIpc) is 3.19. The Morgan fingerprint density at radius 1 is 1.21 bits per heavy atom. The van der Waals surface area contributed by atoms with Crippen LogP contribution >= 0.6 is 15.9 Å².